The van der Waals surface area contributed by atoms with Crippen molar-refractivity contribution < 1.29 is 0 Å². The first-order valence-corrected chi connectivity index (χ1v) is 7.71. The molecule has 7 nitrogen and oxygen atoms in total. The van der Waals surface area contributed by atoms with Gasteiger partial charge in [0.1, 0.15) is 5.82 Å². The van der Waals surface area contributed by atoms with Gasteiger partial charge in [-0.2, -0.15) is 0 Å². The molecule has 22 heavy (non-hydrogen) atoms. The number of rotatable bonds is 5. The van der Waals surface area contributed by atoms with Crippen molar-refractivity contribution >= 4 is 52.7 Å². The number of hydrogen-bond acceptors (Lipinski definition) is 4. The van der Waals surface area contributed by atoms with E-state index >= 15 is 0 Å². The molecular weight excluding hydrogens is 340 g/mol. The summed E-state index contributed by atoms with van der Waals surface area (Å²) in [6, 6.07) is 1.44. The quantitative estimate of drug-likeness (QED) is 0.433. The Morgan fingerprint density at radius 3 is 2.82 bits per heavy atom. The van der Waals surface area contributed by atoms with Crippen LogP contribution in [0.15, 0.2) is 23.5 Å². The fourth-order valence-electron chi connectivity index (χ4n) is 2.10. The van der Waals surface area contributed by atoms with Crippen molar-refractivity contribution in [2.24, 2.45) is 5.73 Å². The van der Waals surface area contributed by atoms with Crippen LogP contribution in [0.25, 0.3) is 0 Å². The molecule has 2 rings (SSSR count). The van der Waals surface area contributed by atoms with E-state index in [0.717, 1.165) is 0 Å². The maximum Gasteiger partial charge on any atom is 0.256 e. The Morgan fingerprint density at radius 2 is 2.32 bits per heavy atom. The topological polar surface area (TPSA) is 91.1 Å². The molecule has 1 saturated heterocycles. The Balaban J connectivity index is 2.30. The van der Waals surface area contributed by atoms with Crippen LogP contribution in [0.2, 0.25) is 0 Å². The van der Waals surface area contributed by atoms with Gasteiger partial charge in [-0.25, -0.2) is 0 Å². The largest absolute Gasteiger partial charge is 0.376 e. The van der Waals surface area contributed by atoms with Crippen LogP contribution in [0, 0.1) is 4.77 Å². The SMILES string of the molecule is C=CCN(C(N)=S)c1cc(=O)n(CC2CNC(=S)N2)c(=S)[nH]1. The van der Waals surface area contributed by atoms with Gasteiger partial charge in [0, 0.05) is 19.2 Å². The summed E-state index contributed by atoms with van der Waals surface area (Å²) >= 11 is 15.2. The van der Waals surface area contributed by atoms with Crippen LogP contribution in [0.1, 0.15) is 0 Å². The lowest BCUT2D eigenvalue weighted by molar-refractivity contribution is 0.520. The minimum Gasteiger partial charge on any atom is -0.376 e. The lowest BCUT2D eigenvalue weighted by Crippen LogP contribution is -2.39. The van der Waals surface area contributed by atoms with Crippen LogP contribution in [0.5, 0.6) is 0 Å². The summed E-state index contributed by atoms with van der Waals surface area (Å²) in [4.78, 5) is 16.8. The molecule has 1 aromatic rings. The molecule has 0 amide bonds. The third-order valence-corrected chi connectivity index (χ3v) is 3.93. The van der Waals surface area contributed by atoms with Crippen LogP contribution in [-0.4, -0.2) is 38.9 Å². The highest BCUT2D eigenvalue weighted by atomic mass is 32.1. The Kier molecular flexibility index (Phi) is 5.27. The first-order chi connectivity index (χ1) is 10.4. The fourth-order valence-corrected chi connectivity index (χ4v) is 2.79. The van der Waals surface area contributed by atoms with Gasteiger partial charge in [0.2, 0.25) is 0 Å². The summed E-state index contributed by atoms with van der Waals surface area (Å²) < 4.78 is 1.77. The average molecular weight is 357 g/mol. The van der Waals surface area contributed by atoms with Gasteiger partial charge in [-0.1, -0.05) is 6.08 Å². The average Bonchev–Trinajstić information content (AvgIpc) is 2.85. The van der Waals surface area contributed by atoms with Crippen molar-refractivity contribution in [1.29, 1.82) is 0 Å². The van der Waals surface area contributed by atoms with E-state index in [2.05, 4.69) is 22.2 Å². The van der Waals surface area contributed by atoms with Crippen LogP contribution >= 0.6 is 36.7 Å². The van der Waals surface area contributed by atoms with Crippen LogP contribution in [0.3, 0.4) is 0 Å². The Morgan fingerprint density at radius 1 is 1.59 bits per heavy atom. The van der Waals surface area contributed by atoms with E-state index < -0.39 is 0 Å². The van der Waals surface area contributed by atoms with Crippen molar-refractivity contribution in [3.63, 3.8) is 0 Å². The van der Waals surface area contributed by atoms with E-state index in [0.29, 0.717) is 35.3 Å². The third-order valence-electron chi connectivity index (χ3n) is 3.12. The minimum absolute atomic E-state index is 0.0195. The van der Waals surface area contributed by atoms with Gasteiger partial charge < -0.3 is 26.3 Å². The lowest BCUT2D eigenvalue weighted by atomic mass is 10.3. The molecule has 10 heteroatoms. The first-order valence-electron chi connectivity index (χ1n) is 6.48. The van der Waals surface area contributed by atoms with Gasteiger partial charge in [0.25, 0.3) is 5.56 Å². The van der Waals surface area contributed by atoms with Crippen molar-refractivity contribution in [1.82, 2.24) is 20.2 Å². The predicted molar refractivity (Wildman–Crippen MR) is 97.7 cm³/mol. The molecular formula is C12H16N6OS3. The van der Waals surface area contributed by atoms with E-state index in [1.165, 1.54) is 10.6 Å². The standard InChI is InChI=1S/C12H16N6OS3/c1-2-3-17(10(13)20)8-4-9(19)18(12(22)16-8)6-7-5-14-11(21)15-7/h2,4,7H,1,3,5-6H2,(H2,13,20)(H,16,22)(H2,14,15,21). The maximum absolute atomic E-state index is 12.3. The van der Waals surface area contributed by atoms with E-state index in [1.807, 2.05) is 0 Å². The molecule has 1 aromatic heterocycles. The second-order valence-corrected chi connectivity index (χ2v) is 5.91. The van der Waals surface area contributed by atoms with Crippen molar-refractivity contribution in [3.8, 4) is 0 Å². The van der Waals surface area contributed by atoms with Crippen molar-refractivity contribution in [2.45, 2.75) is 12.6 Å². The Bertz CT molecular complexity index is 693. The molecule has 0 spiro atoms. The van der Waals surface area contributed by atoms with E-state index in [4.69, 9.17) is 42.4 Å². The number of nitrogens with two attached hydrogens (primary N) is 1. The predicted octanol–water partition coefficient (Wildman–Crippen LogP) is -0.0118. The summed E-state index contributed by atoms with van der Waals surface area (Å²) in [5.74, 6) is 0.451. The number of thiocarbonyl (C=S) groups is 2. The molecule has 1 aliphatic rings. The molecule has 118 valence electrons. The van der Waals surface area contributed by atoms with Crippen LogP contribution in [-0.2, 0) is 6.54 Å². The van der Waals surface area contributed by atoms with Gasteiger partial charge in [-0.3, -0.25) is 9.36 Å². The third kappa shape index (κ3) is 3.70. The molecule has 5 N–H and O–H groups in total. The number of H-pyrrole nitrogens is 1. The monoisotopic (exact) mass is 356 g/mol. The zero-order chi connectivity index (χ0) is 16.3. The number of anilines is 1. The fraction of sp³-hybridized carbons (Fsp3) is 0.333. The normalized spacial score (nSPS) is 16.7. The molecule has 1 atom stereocenters. The van der Waals surface area contributed by atoms with Crippen molar-refractivity contribution in [3.05, 3.63) is 33.8 Å². The maximum atomic E-state index is 12.3. The highest BCUT2D eigenvalue weighted by molar-refractivity contribution is 7.80. The molecule has 0 aromatic carbocycles. The molecule has 0 saturated carbocycles. The van der Waals surface area contributed by atoms with Gasteiger partial charge >= 0.3 is 0 Å². The smallest absolute Gasteiger partial charge is 0.256 e. The molecule has 0 radical (unpaired) electrons. The van der Waals surface area contributed by atoms with Gasteiger partial charge in [0.15, 0.2) is 15.0 Å². The molecule has 0 aliphatic carbocycles. The lowest BCUT2D eigenvalue weighted by Gasteiger charge is -2.21. The van der Waals surface area contributed by atoms with Crippen LogP contribution in [0.4, 0.5) is 5.82 Å². The number of aromatic nitrogens is 2. The van der Waals surface area contributed by atoms with E-state index in [9.17, 15) is 4.79 Å². The summed E-state index contributed by atoms with van der Waals surface area (Å²) in [5, 5.41) is 6.78. The minimum atomic E-state index is -0.233. The highest BCUT2D eigenvalue weighted by Gasteiger charge is 2.19. The molecule has 2 heterocycles. The summed E-state index contributed by atoms with van der Waals surface area (Å²) in [7, 11) is 0. The molecule has 0 bridgehead atoms. The highest BCUT2D eigenvalue weighted by Crippen LogP contribution is 2.08. The summed E-state index contributed by atoms with van der Waals surface area (Å²) in [5.41, 5.74) is 5.42. The zero-order valence-electron chi connectivity index (χ0n) is 11.7. The molecule has 1 unspecified atom stereocenters. The Labute approximate surface area is 143 Å². The first kappa shape index (κ1) is 16.6. The van der Waals surface area contributed by atoms with Gasteiger partial charge in [-0.05, 0) is 36.7 Å². The second-order valence-electron chi connectivity index (χ2n) is 4.70. The zero-order valence-corrected chi connectivity index (χ0v) is 14.1. The molecule has 1 fully saturated rings. The number of hydrogen-bond donors (Lipinski definition) is 4. The number of nitrogens with zero attached hydrogens (tertiary/aromatic N) is 2. The van der Waals surface area contributed by atoms with Crippen molar-refractivity contribution in [2.75, 3.05) is 18.0 Å². The van der Waals surface area contributed by atoms with Gasteiger partial charge in [0.05, 0.1) is 12.6 Å². The summed E-state index contributed by atoms with van der Waals surface area (Å²) in [6.07, 6.45) is 1.64. The molecule has 1 aliphatic heterocycles. The number of nitrogens with one attached hydrogen (secondary N) is 3. The van der Waals surface area contributed by atoms with Crippen LogP contribution < -0.4 is 26.8 Å². The van der Waals surface area contributed by atoms with E-state index in [-0.39, 0.29) is 16.7 Å². The summed E-state index contributed by atoms with van der Waals surface area (Å²) in [6.45, 7) is 5.08. The Hall–Kier alpha value is -1.78. The van der Waals surface area contributed by atoms with E-state index in [1.54, 1.807) is 11.0 Å². The number of aromatic amines is 1. The van der Waals surface area contributed by atoms with Gasteiger partial charge in [-0.15, -0.1) is 6.58 Å². The second kappa shape index (κ2) is 6.99.